The van der Waals surface area contributed by atoms with Crippen LogP contribution in [0.4, 0.5) is 0 Å². The van der Waals surface area contributed by atoms with E-state index in [0.29, 0.717) is 0 Å². The monoisotopic (exact) mass is 817 g/mol. The van der Waals surface area contributed by atoms with E-state index in [0.717, 1.165) is 11.5 Å². The van der Waals surface area contributed by atoms with Crippen molar-refractivity contribution < 1.29 is 28.2 Å². The summed E-state index contributed by atoms with van der Waals surface area (Å²) in [6, 6.07) is 8.92. The van der Waals surface area contributed by atoms with Gasteiger partial charge in [-0.25, -0.2) is 0 Å². The summed E-state index contributed by atoms with van der Waals surface area (Å²) in [5, 5.41) is 0. The van der Waals surface area contributed by atoms with Gasteiger partial charge in [0, 0.05) is 22.3 Å². The van der Waals surface area contributed by atoms with Crippen LogP contribution in [0.2, 0.25) is 0 Å². The summed E-state index contributed by atoms with van der Waals surface area (Å²) in [5.74, 6) is 2.03. The molecule has 6 nitrogen and oxygen atoms in total. The fourth-order valence-electron chi connectivity index (χ4n) is 4.03. The summed E-state index contributed by atoms with van der Waals surface area (Å²) in [6.07, 6.45) is 5.00. The molecule has 8 heteroatoms. The lowest BCUT2D eigenvalue weighted by atomic mass is 9.78. The number of carbonyl (C=O) groups excluding carboxylic acids is 4. The Morgan fingerprint density at radius 2 is 0.509 bits per heavy atom. The minimum atomic E-state index is 0. The van der Waals surface area contributed by atoms with Crippen LogP contribution in [0.25, 0.3) is 0 Å². The van der Waals surface area contributed by atoms with Crippen LogP contribution >= 0.6 is 18.9 Å². The van der Waals surface area contributed by atoms with E-state index in [-0.39, 0.29) is 29.1 Å². The third-order valence-electron chi connectivity index (χ3n) is 5.93. The van der Waals surface area contributed by atoms with E-state index in [4.69, 9.17) is 28.2 Å². The van der Waals surface area contributed by atoms with Gasteiger partial charge in [-0.3, -0.25) is 0 Å². The Labute approximate surface area is 349 Å². The fraction of sp³-hybridized carbons (Fsp3) is 0.660. The lowest BCUT2D eigenvalue weighted by molar-refractivity contribution is -0.0987. The number of rotatable bonds is 2. The Balaban J connectivity index is -0.0000000739. The molecule has 0 saturated carbocycles. The maximum atomic E-state index is 8.00. The van der Waals surface area contributed by atoms with E-state index in [1.807, 2.05) is 27.2 Å². The van der Waals surface area contributed by atoms with Crippen LogP contribution < -0.4 is 9.05 Å². The zero-order chi connectivity index (χ0) is 45.7. The molecule has 2 aromatic carbocycles. The van der Waals surface area contributed by atoms with Crippen molar-refractivity contribution in [3.05, 3.63) is 57.6 Å². The second-order valence-corrected chi connectivity index (χ2v) is 16.9. The fourth-order valence-corrected chi connectivity index (χ4v) is 4.54. The number of aryl methyl sites for hydroxylation is 2. The quantitative estimate of drug-likeness (QED) is 0.281. The number of hydrogen-bond donors (Lipinski definition) is 0. The number of benzene rings is 2. The molecule has 2 aromatic rings. The topological polar surface area (TPSA) is 86.7 Å². The van der Waals surface area contributed by atoms with Gasteiger partial charge in [0.05, 0.1) is 18.9 Å². The van der Waals surface area contributed by atoms with Crippen LogP contribution in [0.5, 0.6) is 11.5 Å². The molecule has 2 unspecified atom stereocenters. The van der Waals surface area contributed by atoms with Crippen molar-refractivity contribution in [3.8, 4) is 11.5 Å². The zero-order valence-corrected chi connectivity index (χ0v) is 41.9. The average molecular weight is 817 g/mol. The Kier molecular flexibility index (Phi) is 57.2. The molecule has 0 bridgehead atoms. The van der Waals surface area contributed by atoms with Crippen molar-refractivity contribution in [3.63, 3.8) is 0 Å². The lowest BCUT2D eigenvalue weighted by Crippen LogP contribution is -2.18. The van der Waals surface area contributed by atoms with Gasteiger partial charge in [0.25, 0.3) is 0 Å². The van der Waals surface area contributed by atoms with E-state index >= 15 is 0 Å². The predicted molar refractivity (Wildman–Crippen MR) is 257 cm³/mol. The second-order valence-electron chi connectivity index (χ2n) is 16.4. The van der Waals surface area contributed by atoms with E-state index in [2.05, 4.69) is 196 Å². The van der Waals surface area contributed by atoms with Crippen LogP contribution in [0.1, 0.15) is 205 Å². The summed E-state index contributed by atoms with van der Waals surface area (Å²) >= 11 is 0. The first kappa shape index (κ1) is 73.7. The van der Waals surface area contributed by atoms with Crippen molar-refractivity contribution >= 4 is 46.1 Å². The first-order chi connectivity index (χ1) is 24.8. The second kappa shape index (κ2) is 42.7. The summed E-state index contributed by atoms with van der Waals surface area (Å²) in [7, 11) is 4.79. The first-order valence-electron chi connectivity index (χ1n) is 19.0. The molecule has 2 atom stereocenters. The summed E-state index contributed by atoms with van der Waals surface area (Å²) in [5.41, 5.74) is 8.08. The van der Waals surface area contributed by atoms with Crippen LogP contribution in [-0.2, 0) is 40.8 Å². The molecule has 0 aliphatic rings. The normalized spacial score (nSPS) is 9.45. The third kappa shape index (κ3) is 38.2. The van der Waals surface area contributed by atoms with Gasteiger partial charge in [0.1, 0.15) is 38.7 Å². The van der Waals surface area contributed by atoms with Gasteiger partial charge in [-0.2, -0.15) is 0 Å². The highest BCUT2D eigenvalue weighted by atomic mass is 31.0. The minimum Gasteiger partial charge on any atom is -0.480 e. The summed E-state index contributed by atoms with van der Waals surface area (Å²) in [6.45, 7) is 56.0. The molecule has 0 fully saturated rings. The van der Waals surface area contributed by atoms with Crippen LogP contribution in [0, 0.1) is 13.8 Å². The van der Waals surface area contributed by atoms with E-state index in [1.54, 1.807) is 0 Å². The zero-order valence-electron chi connectivity index (χ0n) is 39.6. The molecule has 0 radical (unpaired) electrons. The Bertz CT molecular complexity index is 955. The van der Waals surface area contributed by atoms with Crippen molar-refractivity contribution in [2.24, 2.45) is 0 Å². The standard InChI is InChI=1S/2C15H25OP.4C3H8.4CH2O.CH4/c2*1-10-8-11(14(2,3)4)13(16-17)12(9-10)15(5,6)7;4*1-3-2;4*1-2;/h2*8-9H,17H2,1-7H3;4*3H2,1-2H3;4*1H2;1H4. The van der Waals surface area contributed by atoms with Crippen molar-refractivity contribution in [1.82, 2.24) is 0 Å². The Morgan fingerprint density at radius 3 is 0.582 bits per heavy atom. The van der Waals surface area contributed by atoms with Crippen LogP contribution in [-0.4, -0.2) is 27.2 Å². The van der Waals surface area contributed by atoms with Crippen LogP contribution in [0.3, 0.4) is 0 Å². The maximum Gasteiger partial charge on any atom is 0.129 e. The minimum absolute atomic E-state index is 0. The van der Waals surface area contributed by atoms with E-state index in [1.165, 1.54) is 59.1 Å². The lowest BCUT2D eigenvalue weighted by Gasteiger charge is -2.29. The molecular weight excluding hydrogens is 722 g/mol. The molecule has 0 N–H and O–H groups in total. The number of hydrogen-bond acceptors (Lipinski definition) is 6. The van der Waals surface area contributed by atoms with Gasteiger partial charge in [-0.05, 0) is 35.5 Å². The molecule has 0 aliphatic carbocycles. The largest absolute Gasteiger partial charge is 0.480 e. The van der Waals surface area contributed by atoms with Crippen LogP contribution in [0.15, 0.2) is 24.3 Å². The van der Waals surface area contributed by atoms with Gasteiger partial charge < -0.3 is 28.2 Å². The number of carbonyl (C=O) groups is 4. The Hall–Kier alpha value is -2.42. The molecular formula is C47H94O6P2. The molecule has 0 spiro atoms. The highest BCUT2D eigenvalue weighted by Gasteiger charge is 2.28. The van der Waals surface area contributed by atoms with Gasteiger partial charge in [-0.15, -0.1) is 0 Å². The summed E-state index contributed by atoms with van der Waals surface area (Å²) in [4.78, 5) is 32.0. The predicted octanol–water partition coefficient (Wildman–Crippen LogP) is 15.1. The molecule has 0 aromatic heterocycles. The summed E-state index contributed by atoms with van der Waals surface area (Å²) < 4.78 is 11.2. The molecule has 55 heavy (non-hydrogen) atoms. The van der Waals surface area contributed by atoms with E-state index < -0.39 is 0 Å². The van der Waals surface area contributed by atoms with Gasteiger partial charge >= 0.3 is 0 Å². The first-order valence-corrected chi connectivity index (χ1v) is 19.9. The highest BCUT2D eigenvalue weighted by molar-refractivity contribution is 7.10. The molecule has 0 heterocycles. The SMILES string of the molecule is C.C=O.C=O.C=O.C=O.CCC.CCC.CCC.CCC.Cc1cc(C(C)(C)C)c(OP)c(C(C)(C)C)c1.Cc1cc(C(C)(C)C)c(OP)c(C(C)(C)C)c1. The van der Waals surface area contributed by atoms with Crippen molar-refractivity contribution in [2.45, 2.75) is 207 Å². The van der Waals surface area contributed by atoms with E-state index in [9.17, 15) is 0 Å². The van der Waals surface area contributed by atoms with Crippen molar-refractivity contribution in [1.29, 1.82) is 0 Å². The van der Waals surface area contributed by atoms with Gasteiger partial charge in [0.2, 0.25) is 0 Å². The molecule has 328 valence electrons. The molecule has 2 rings (SSSR count). The molecule has 0 aliphatic heterocycles. The average Bonchev–Trinajstić information content (AvgIpc) is 3.08. The van der Waals surface area contributed by atoms with Crippen molar-refractivity contribution in [2.75, 3.05) is 0 Å². The highest BCUT2D eigenvalue weighted by Crippen LogP contribution is 2.42. The Morgan fingerprint density at radius 1 is 0.400 bits per heavy atom. The smallest absolute Gasteiger partial charge is 0.129 e. The maximum absolute atomic E-state index is 8.00. The molecule has 0 saturated heterocycles. The van der Waals surface area contributed by atoms with Gasteiger partial charge in [-0.1, -0.05) is 207 Å². The van der Waals surface area contributed by atoms with Gasteiger partial charge in [0.15, 0.2) is 0 Å². The third-order valence-corrected chi connectivity index (χ3v) is 6.41. The molecule has 0 amide bonds.